The second-order valence-electron chi connectivity index (χ2n) is 5.93. The van der Waals surface area contributed by atoms with E-state index in [0.29, 0.717) is 5.41 Å². The van der Waals surface area contributed by atoms with Crippen LogP contribution in [-0.4, -0.2) is 18.3 Å². The van der Waals surface area contributed by atoms with Gasteiger partial charge in [-0.3, -0.25) is 0 Å². The number of hydrogen-bond acceptors (Lipinski definition) is 2. The van der Waals surface area contributed by atoms with Gasteiger partial charge in [-0.05, 0) is 42.7 Å². The molecule has 0 aromatic heterocycles. The molecule has 1 unspecified atom stereocenters. The van der Waals surface area contributed by atoms with Gasteiger partial charge in [0.2, 0.25) is 0 Å². The van der Waals surface area contributed by atoms with Crippen molar-refractivity contribution >= 4 is 11.8 Å². The van der Waals surface area contributed by atoms with Gasteiger partial charge in [0.05, 0.1) is 0 Å². The summed E-state index contributed by atoms with van der Waals surface area (Å²) in [5, 5.41) is 4.48. The molecule has 1 aliphatic carbocycles. The van der Waals surface area contributed by atoms with Gasteiger partial charge in [0.25, 0.3) is 0 Å². The Morgan fingerprint density at radius 2 is 2.17 bits per heavy atom. The average Bonchev–Trinajstić information content (AvgIpc) is 3.01. The van der Waals surface area contributed by atoms with Gasteiger partial charge in [0, 0.05) is 23.2 Å². The van der Waals surface area contributed by atoms with E-state index in [9.17, 15) is 0 Å². The molecule has 1 fully saturated rings. The first-order valence-corrected chi connectivity index (χ1v) is 8.15. The van der Waals surface area contributed by atoms with Crippen LogP contribution < -0.4 is 5.32 Å². The lowest BCUT2D eigenvalue weighted by atomic mass is 10.0. The Kier molecular flexibility index (Phi) is 3.67. The summed E-state index contributed by atoms with van der Waals surface area (Å²) in [5.74, 6) is 0. The maximum atomic E-state index is 3.73. The maximum Gasteiger partial charge on any atom is 0.0260 e. The third kappa shape index (κ3) is 2.75. The monoisotopic (exact) mass is 261 g/mol. The summed E-state index contributed by atoms with van der Waals surface area (Å²) >= 11 is 2.06. The van der Waals surface area contributed by atoms with Gasteiger partial charge < -0.3 is 5.32 Å². The van der Waals surface area contributed by atoms with Gasteiger partial charge in [-0.2, -0.15) is 0 Å². The van der Waals surface area contributed by atoms with Gasteiger partial charge in [0.1, 0.15) is 0 Å². The fraction of sp³-hybridized carbons (Fsp3) is 0.625. The molecule has 18 heavy (non-hydrogen) atoms. The number of rotatable bonds is 6. The molecule has 1 nitrogen and oxygen atoms in total. The van der Waals surface area contributed by atoms with Crippen molar-refractivity contribution in [2.24, 2.45) is 5.41 Å². The molecule has 0 amide bonds. The Morgan fingerprint density at radius 3 is 2.89 bits per heavy atom. The Bertz CT molecular complexity index is 386. The van der Waals surface area contributed by atoms with Crippen LogP contribution in [0.2, 0.25) is 0 Å². The Morgan fingerprint density at radius 1 is 1.33 bits per heavy atom. The molecule has 2 heteroatoms. The molecule has 1 saturated carbocycles. The van der Waals surface area contributed by atoms with Crippen molar-refractivity contribution in [1.82, 2.24) is 5.32 Å². The summed E-state index contributed by atoms with van der Waals surface area (Å²) in [6.07, 6.45) is 6.90. The van der Waals surface area contributed by atoms with Crippen LogP contribution in [0.3, 0.4) is 0 Å². The van der Waals surface area contributed by atoms with E-state index in [-0.39, 0.29) is 0 Å². The van der Waals surface area contributed by atoms with E-state index in [0.717, 1.165) is 5.25 Å². The van der Waals surface area contributed by atoms with Crippen LogP contribution in [0.5, 0.6) is 0 Å². The molecule has 1 heterocycles. The van der Waals surface area contributed by atoms with Crippen molar-refractivity contribution in [3.05, 3.63) is 29.8 Å². The van der Waals surface area contributed by atoms with Crippen LogP contribution in [0.15, 0.2) is 29.2 Å². The summed E-state index contributed by atoms with van der Waals surface area (Å²) in [7, 11) is 0. The van der Waals surface area contributed by atoms with E-state index in [1.54, 1.807) is 5.56 Å². The third-order valence-electron chi connectivity index (χ3n) is 4.32. The SMILES string of the molecule is CCCC1(CNCC2Cc3ccccc3S2)CC1. The maximum absolute atomic E-state index is 3.73. The molecule has 1 aliphatic heterocycles. The molecule has 1 N–H and O–H groups in total. The molecule has 3 rings (SSSR count). The molecule has 1 aromatic rings. The Hall–Kier alpha value is -0.470. The standard InChI is InChI=1S/C16H23NS/c1-2-7-16(8-9-16)12-17-11-14-10-13-5-3-4-6-15(13)18-14/h3-6,14,17H,2,7-12H2,1H3. The molecule has 1 aromatic carbocycles. The highest BCUT2D eigenvalue weighted by Crippen LogP contribution is 2.49. The molecule has 0 saturated heterocycles. The molecule has 0 spiro atoms. The van der Waals surface area contributed by atoms with Crippen molar-refractivity contribution < 1.29 is 0 Å². The molecule has 1 atom stereocenters. The predicted octanol–water partition coefficient (Wildman–Crippen LogP) is 3.87. The van der Waals surface area contributed by atoms with Gasteiger partial charge in [-0.1, -0.05) is 31.5 Å². The fourth-order valence-corrected chi connectivity index (χ4v) is 4.37. The van der Waals surface area contributed by atoms with Crippen LogP contribution in [-0.2, 0) is 6.42 Å². The van der Waals surface area contributed by atoms with Gasteiger partial charge in [-0.15, -0.1) is 11.8 Å². The van der Waals surface area contributed by atoms with Crippen molar-refractivity contribution in [1.29, 1.82) is 0 Å². The fourth-order valence-electron chi connectivity index (χ4n) is 3.09. The zero-order valence-electron chi connectivity index (χ0n) is 11.2. The van der Waals surface area contributed by atoms with E-state index in [1.165, 1.54) is 50.1 Å². The molecule has 0 bridgehead atoms. The Labute approximate surface area is 115 Å². The summed E-state index contributed by atoms with van der Waals surface area (Å²) in [6.45, 7) is 4.72. The summed E-state index contributed by atoms with van der Waals surface area (Å²) in [5.41, 5.74) is 2.23. The minimum atomic E-state index is 0.685. The highest BCUT2D eigenvalue weighted by atomic mass is 32.2. The summed E-state index contributed by atoms with van der Waals surface area (Å²) < 4.78 is 0. The topological polar surface area (TPSA) is 12.0 Å². The summed E-state index contributed by atoms with van der Waals surface area (Å²) in [6, 6.07) is 8.86. The predicted molar refractivity (Wildman–Crippen MR) is 79.2 cm³/mol. The lowest BCUT2D eigenvalue weighted by molar-refractivity contribution is 0.422. The van der Waals surface area contributed by atoms with Crippen LogP contribution in [0.1, 0.15) is 38.2 Å². The number of fused-ring (bicyclic) bond motifs is 1. The zero-order chi connectivity index (χ0) is 12.4. The second kappa shape index (κ2) is 5.26. The number of thioether (sulfide) groups is 1. The van der Waals surface area contributed by atoms with E-state index in [4.69, 9.17) is 0 Å². The van der Waals surface area contributed by atoms with E-state index in [1.807, 2.05) is 0 Å². The minimum Gasteiger partial charge on any atom is -0.315 e. The van der Waals surface area contributed by atoms with E-state index in [2.05, 4.69) is 48.3 Å². The second-order valence-corrected chi connectivity index (χ2v) is 7.27. The zero-order valence-corrected chi connectivity index (χ0v) is 12.1. The largest absolute Gasteiger partial charge is 0.315 e. The van der Waals surface area contributed by atoms with Crippen molar-refractivity contribution in [2.45, 2.75) is 49.2 Å². The van der Waals surface area contributed by atoms with Crippen LogP contribution in [0.25, 0.3) is 0 Å². The summed E-state index contributed by atoms with van der Waals surface area (Å²) in [4.78, 5) is 1.50. The van der Waals surface area contributed by atoms with Crippen LogP contribution in [0, 0.1) is 5.41 Å². The van der Waals surface area contributed by atoms with Crippen molar-refractivity contribution in [3.63, 3.8) is 0 Å². The number of nitrogens with one attached hydrogen (secondary N) is 1. The Balaban J connectivity index is 1.44. The first-order valence-electron chi connectivity index (χ1n) is 7.27. The molecular weight excluding hydrogens is 238 g/mol. The molecular formula is C16H23NS. The lowest BCUT2D eigenvalue weighted by Gasteiger charge is -2.16. The first kappa shape index (κ1) is 12.6. The van der Waals surface area contributed by atoms with Crippen LogP contribution >= 0.6 is 11.8 Å². The lowest BCUT2D eigenvalue weighted by Crippen LogP contribution is -2.30. The highest BCUT2D eigenvalue weighted by molar-refractivity contribution is 8.00. The van der Waals surface area contributed by atoms with Gasteiger partial charge >= 0.3 is 0 Å². The van der Waals surface area contributed by atoms with Gasteiger partial charge in [-0.25, -0.2) is 0 Å². The minimum absolute atomic E-state index is 0.685. The first-order chi connectivity index (χ1) is 8.81. The highest BCUT2D eigenvalue weighted by Gasteiger charge is 2.40. The normalized spacial score (nSPS) is 23.9. The smallest absolute Gasteiger partial charge is 0.0260 e. The number of hydrogen-bond donors (Lipinski definition) is 1. The van der Waals surface area contributed by atoms with Crippen molar-refractivity contribution in [2.75, 3.05) is 13.1 Å². The van der Waals surface area contributed by atoms with Crippen LogP contribution in [0.4, 0.5) is 0 Å². The van der Waals surface area contributed by atoms with Gasteiger partial charge in [0.15, 0.2) is 0 Å². The third-order valence-corrected chi connectivity index (χ3v) is 5.64. The number of benzene rings is 1. The molecule has 0 radical (unpaired) electrons. The molecule has 98 valence electrons. The van der Waals surface area contributed by atoms with E-state index >= 15 is 0 Å². The van der Waals surface area contributed by atoms with E-state index < -0.39 is 0 Å². The molecule has 2 aliphatic rings. The quantitative estimate of drug-likeness (QED) is 0.834. The van der Waals surface area contributed by atoms with Crippen molar-refractivity contribution in [3.8, 4) is 0 Å². The average molecular weight is 261 g/mol.